The van der Waals surface area contributed by atoms with Crippen LogP contribution in [0.1, 0.15) is 20.7 Å². The average Bonchev–Trinajstić information content (AvgIpc) is 3.18. The van der Waals surface area contributed by atoms with Gasteiger partial charge < -0.3 is 15.5 Å². The van der Waals surface area contributed by atoms with Gasteiger partial charge in [0.2, 0.25) is 5.91 Å². The molecule has 2 aromatic carbocycles. The lowest BCUT2D eigenvalue weighted by Gasteiger charge is -2.04. The van der Waals surface area contributed by atoms with Gasteiger partial charge in [0.05, 0.1) is 18.2 Å². The number of nitrogens with zero attached hydrogens (tertiary/aromatic N) is 2. The Bertz CT molecular complexity index is 1200. The van der Waals surface area contributed by atoms with Crippen LogP contribution in [0.4, 0.5) is 0 Å². The summed E-state index contributed by atoms with van der Waals surface area (Å²) in [6, 6.07) is 15.9. The van der Waals surface area contributed by atoms with Crippen molar-refractivity contribution >= 4 is 23.0 Å². The van der Waals surface area contributed by atoms with Gasteiger partial charge in [-0.1, -0.05) is 24.3 Å². The van der Waals surface area contributed by atoms with E-state index >= 15 is 0 Å². The van der Waals surface area contributed by atoms with E-state index in [1.165, 1.54) is 7.11 Å². The predicted octanol–water partition coefficient (Wildman–Crippen LogP) is 3.18. The highest BCUT2D eigenvalue weighted by atomic mass is 16.5. The molecular formula is C21H16N4O3. The van der Waals surface area contributed by atoms with Crippen LogP contribution in [0.15, 0.2) is 60.8 Å². The molecule has 0 aliphatic heterocycles. The van der Waals surface area contributed by atoms with Gasteiger partial charge in [-0.15, -0.1) is 0 Å². The average molecular weight is 372 g/mol. The number of primary amides is 1. The number of ether oxygens (including phenoxy) is 1. The quantitative estimate of drug-likeness (QED) is 0.535. The molecule has 0 atom stereocenters. The largest absolute Gasteiger partial charge is 0.465 e. The number of hydrogen-bond acceptors (Lipinski definition) is 5. The lowest BCUT2D eigenvalue weighted by Crippen LogP contribution is -2.10. The van der Waals surface area contributed by atoms with E-state index in [4.69, 9.17) is 10.5 Å². The molecule has 0 fully saturated rings. The topological polar surface area (TPSA) is 111 Å². The summed E-state index contributed by atoms with van der Waals surface area (Å²) in [6.07, 6.45) is 1.68. The SMILES string of the molecule is COC(=O)c1cccc(-c2nc3nccc(-c4ccc(C(N)=O)cc4)c3[nH]2)c1. The van der Waals surface area contributed by atoms with Crippen molar-refractivity contribution in [3.05, 3.63) is 71.9 Å². The highest BCUT2D eigenvalue weighted by Crippen LogP contribution is 2.29. The number of H-pyrrole nitrogens is 1. The smallest absolute Gasteiger partial charge is 0.337 e. The number of aromatic amines is 1. The number of esters is 1. The van der Waals surface area contributed by atoms with Gasteiger partial charge in [-0.25, -0.2) is 14.8 Å². The third-order valence-corrected chi connectivity index (χ3v) is 4.43. The fourth-order valence-corrected chi connectivity index (χ4v) is 3.01. The third-order valence-electron chi connectivity index (χ3n) is 4.43. The molecule has 2 heterocycles. The summed E-state index contributed by atoms with van der Waals surface area (Å²) in [5, 5.41) is 0. The number of amides is 1. The normalized spacial score (nSPS) is 10.8. The maximum absolute atomic E-state index is 11.8. The number of pyridine rings is 1. The van der Waals surface area contributed by atoms with Gasteiger partial charge in [0.15, 0.2) is 5.65 Å². The Balaban J connectivity index is 1.79. The van der Waals surface area contributed by atoms with Gasteiger partial charge in [0.25, 0.3) is 0 Å². The first-order valence-electron chi connectivity index (χ1n) is 8.50. The van der Waals surface area contributed by atoms with Crippen LogP contribution in [0.25, 0.3) is 33.7 Å². The van der Waals surface area contributed by atoms with Crippen LogP contribution in [-0.2, 0) is 4.74 Å². The Hall–Kier alpha value is -4.00. The molecule has 1 amide bonds. The number of hydrogen-bond donors (Lipinski definition) is 2. The number of carbonyl (C=O) groups excluding carboxylic acids is 2. The van der Waals surface area contributed by atoms with Crippen molar-refractivity contribution in [3.63, 3.8) is 0 Å². The second kappa shape index (κ2) is 6.96. The molecule has 0 aliphatic carbocycles. The summed E-state index contributed by atoms with van der Waals surface area (Å²) in [6.45, 7) is 0. The first-order valence-corrected chi connectivity index (χ1v) is 8.50. The number of fused-ring (bicyclic) bond motifs is 1. The molecule has 0 saturated carbocycles. The summed E-state index contributed by atoms with van der Waals surface area (Å²) in [5.41, 5.74) is 10.0. The van der Waals surface area contributed by atoms with Crippen molar-refractivity contribution in [2.24, 2.45) is 5.73 Å². The number of benzene rings is 2. The van der Waals surface area contributed by atoms with Crippen molar-refractivity contribution in [1.82, 2.24) is 15.0 Å². The van der Waals surface area contributed by atoms with Crippen LogP contribution in [0, 0.1) is 0 Å². The molecule has 0 spiro atoms. The Morgan fingerprint density at radius 3 is 2.50 bits per heavy atom. The zero-order chi connectivity index (χ0) is 19.7. The predicted molar refractivity (Wildman–Crippen MR) is 105 cm³/mol. The van der Waals surface area contributed by atoms with E-state index < -0.39 is 11.9 Å². The summed E-state index contributed by atoms with van der Waals surface area (Å²) in [4.78, 5) is 35.2. The zero-order valence-corrected chi connectivity index (χ0v) is 15.0. The standard InChI is InChI=1S/C21H16N4O3/c1-28-21(27)15-4-2-3-14(11-15)19-24-17-16(9-10-23-20(17)25-19)12-5-7-13(8-6-12)18(22)26/h2-11H,1H3,(H2,22,26)(H,23,24,25). The monoisotopic (exact) mass is 372 g/mol. The Morgan fingerprint density at radius 1 is 1.00 bits per heavy atom. The van der Waals surface area contributed by atoms with E-state index in [0.717, 1.165) is 22.2 Å². The fourth-order valence-electron chi connectivity index (χ4n) is 3.01. The number of carbonyl (C=O) groups is 2. The van der Waals surface area contributed by atoms with E-state index in [9.17, 15) is 9.59 Å². The van der Waals surface area contributed by atoms with Gasteiger partial charge >= 0.3 is 5.97 Å². The van der Waals surface area contributed by atoms with Crippen LogP contribution in [0.3, 0.4) is 0 Å². The minimum atomic E-state index is -0.472. The van der Waals surface area contributed by atoms with Gasteiger partial charge in [-0.05, 0) is 35.9 Å². The zero-order valence-electron chi connectivity index (χ0n) is 15.0. The van der Waals surface area contributed by atoms with E-state index in [2.05, 4.69) is 15.0 Å². The van der Waals surface area contributed by atoms with Crippen molar-refractivity contribution < 1.29 is 14.3 Å². The van der Waals surface area contributed by atoms with Crippen LogP contribution in [-0.4, -0.2) is 33.9 Å². The summed E-state index contributed by atoms with van der Waals surface area (Å²) >= 11 is 0. The van der Waals surface area contributed by atoms with Gasteiger partial charge in [0.1, 0.15) is 5.82 Å². The minimum Gasteiger partial charge on any atom is -0.465 e. The number of nitrogens with two attached hydrogens (primary N) is 1. The molecule has 4 aromatic rings. The molecule has 138 valence electrons. The van der Waals surface area contributed by atoms with E-state index in [1.54, 1.807) is 36.5 Å². The molecule has 0 aliphatic rings. The lowest BCUT2D eigenvalue weighted by molar-refractivity contribution is 0.0600. The molecule has 0 saturated heterocycles. The molecule has 0 bridgehead atoms. The Labute approximate surface area is 160 Å². The molecule has 4 rings (SSSR count). The molecule has 2 aromatic heterocycles. The maximum atomic E-state index is 11.8. The number of aromatic nitrogens is 3. The number of imidazole rings is 1. The minimum absolute atomic E-state index is 0.411. The number of rotatable bonds is 4. The van der Waals surface area contributed by atoms with Crippen molar-refractivity contribution in [2.45, 2.75) is 0 Å². The van der Waals surface area contributed by atoms with Crippen LogP contribution in [0.5, 0.6) is 0 Å². The van der Waals surface area contributed by atoms with E-state index in [1.807, 2.05) is 24.3 Å². The molecule has 7 heteroatoms. The molecule has 0 unspecified atom stereocenters. The molecule has 7 nitrogen and oxygen atoms in total. The number of methoxy groups -OCH3 is 1. The lowest BCUT2D eigenvalue weighted by atomic mass is 10.0. The summed E-state index contributed by atoms with van der Waals surface area (Å²) in [5.74, 6) is -0.290. The van der Waals surface area contributed by atoms with Gasteiger partial charge in [0, 0.05) is 22.9 Å². The maximum Gasteiger partial charge on any atom is 0.337 e. The third kappa shape index (κ3) is 3.09. The molecular weight excluding hydrogens is 356 g/mol. The van der Waals surface area contributed by atoms with Crippen molar-refractivity contribution in [1.29, 1.82) is 0 Å². The highest BCUT2D eigenvalue weighted by Gasteiger charge is 2.13. The first-order chi connectivity index (χ1) is 13.6. The van der Waals surface area contributed by atoms with E-state index in [0.29, 0.717) is 22.6 Å². The summed E-state index contributed by atoms with van der Waals surface area (Å²) < 4.78 is 4.77. The van der Waals surface area contributed by atoms with Gasteiger partial charge in [-0.3, -0.25) is 4.79 Å². The number of nitrogens with one attached hydrogen (secondary N) is 1. The molecule has 0 radical (unpaired) electrons. The van der Waals surface area contributed by atoms with E-state index in [-0.39, 0.29) is 0 Å². The summed E-state index contributed by atoms with van der Waals surface area (Å²) in [7, 11) is 1.34. The van der Waals surface area contributed by atoms with Gasteiger partial charge in [-0.2, -0.15) is 0 Å². The Kier molecular flexibility index (Phi) is 4.33. The van der Waals surface area contributed by atoms with Crippen LogP contribution >= 0.6 is 0 Å². The van der Waals surface area contributed by atoms with Crippen molar-refractivity contribution in [3.8, 4) is 22.5 Å². The Morgan fingerprint density at radius 2 is 1.79 bits per heavy atom. The molecule has 28 heavy (non-hydrogen) atoms. The van der Waals surface area contributed by atoms with Crippen LogP contribution < -0.4 is 5.73 Å². The highest BCUT2D eigenvalue weighted by molar-refractivity contribution is 5.95. The first kappa shape index (κ1) is 17.4. The molecule has 3 N–H and O–H groups in total. The fraction of sp³-hybridized carbons (Fsp3) is 0.0476. The second-order valence-corrected chi connectivity index (χ2v) is 6.16. The second-order valence-electron chi connectivity index (χ2n) is 6.16. The van der Waals surface area contributed by atoms with Crippen LogP contribution in [0.2, 0.25) is 0 Å². The van der Waals surface area contributed by atoms with Crippen molar-refractivity contribution in [2.75, 3.05) is 7.11 Å².